The molecule has 1 heterocycles. The third-order valence-corrected chi connectivity index (χ3v) is 3.38. The molecule has 1 aliphatic heterocycles. The zero-order chi connectivity index (χ0) is 7.56. The van der Waals surface area contributed by atoms with Crippen LogP contribution in [0.4, 0.5) is 0 Å². The minimum atomic E-state index is 0.286. The van der Waals surface area contributed by atoms with Gasteiger partial charge in [0.05, 0.1) is 12.7 Å². The first kappa shape index (κ1) is 9.10. The zero-order valence-corrected chi connectivity index (χ0v) is 8.29. The number of ether oxygens (including phenoxy) is 1. The van der Waals surface area contributed by atoms with Crippen LogP contribution >= 0.6 is 37.9 Å². The Hall–Kier alpha value is 1.01. The average molecular weight is 196 g/mol. The normalized spacial score (nSPS) is 41.7. The molecule has 0 amide bonds. The fourth-order valence-electron chi connectivity index (χ4n) is 0.967. The van der Waals surface area contributed by atoms with Crippen LogP contribution in [0.5, 0.6) is 0 Å². The maximum atomic E-state index is 5.41. The molecule has 1 saturated heterocycles. The summed E-state index contributed by atoms with van der Waals surface area (Å²) in [6, 6.07) is 0. The highest BCUT2D eigenvalue weighted by atomic mass is 32.1. The van der Waals surface area contributed by atoms with Gasteiger partial charge in [-0.3, -0.25) is 0 Å². The van der Waals surface area contributed by atoms with Crippen molar-refractivity contribution < 1.29 is 4.74 Å². The second-order valence-electron chi connectivity index (χ2n) is 2.51. The summed E-state index contributed by atoms with van der Waals surface area (Å²) in [4.78, 5) is 0. The molecule has 0 spiro atoms. The van der Waals surface area contributed by atoms with Crippen molar-refractivity contribution in [2.24, 2.45) is 0 Å². The van der Waals surface area contributed by atoms with Crippen molar-refractivity contribution in [1.29, 1.82) is 0 Å². The molecule has 10 heavy (non-hydrogen) atoms. The van der Waals surface area contributed by atoms with Gasteiger partial charge in [-0.1, -0.05) is 0 Å². The maximum absolute atomic E-state index is 5.41. The molecule has 0 N–H and O–H groups in total. The largest absolute Gasteiger partial charge is 0.376 e. The average Bonchev–Trinajstić information content (AvgIpc) is 1.95. The predicted molar refractivity (Wildman–Crippen MR) is 53.8 cm³/mol. The molecule has 0 saturated carbocycles. The van der Waals surface area contributed by atoms with Gasteiger partial charge in [-0.2, -0.15) is 37.9 Å². The van der Waals surface area contributed by atoms with E-state index in [1.807, 2.05) is 0 Å². The van der Waals surface area contributed by atoms with Crippen LogP contribution in [0.1, 0.15) is 6.42 Å². The highest BCUT2D eigenvalue weighted by molar-refractivity contribution is 7.85. The van der Waals surface area contributed by atoms with E-state index in [0.717, 1.165) is 12.2 Å². The molecule has 60 valence electrons. The van der Waals surface area contributed by atoms with Gasteiger partial charge in [-0.05, 0) is 6.42 Å². The first-order valence-electron chi connectivity index (χ1n) is 3.32. The summed E-state index contributed by atoms with van der Waals surface area (Å²) in [7, 11) is 0. The van der Waals surface area contributed by atoms with Gasteiger partial charge in [-0.15, -0.1) is 0 Å². The molecule has 3 atom stereocenters. The quantitative estimate of drug-likeness (QED) is 0.536. The Balaban J connectivity index is 2.33. The van der Waals surface area contributed by atoms with Crippen molar-refractivity contribution in [2.45, 2.75) is 23.0 Å². The van der Waals surface area contributed by atoms with Gasteiger partial charge in [0.25, 0.3) is 0 Å². The Morgan fingerprint density at radius 2 is 2.00 bits per heavy atom. The van der Waals surface area contributed by atoms with Crippen LogP contribution in [0.15, 0.2) is 0 Å². The summed E-state index contributed by atoms with van der Waals surface area (Å²) in [5, 5.41) is 0.661. The van der Waals surface area contributed by atoms with Crippen molar-refractivity contribution >= 4 is 37.9 Å². The van der Waals surface area contributed by atoms with Gasteiger partial charge in [0.15, 0.2) is 0 Å². The molecule has 1 fully saturated rings. The Labute approximate surface area is 78.1 Å². The van der Waals surface area contributed by atoms with Gasteiger partial charge in [-0.25, -0.2) is 0 Å². The summed E-state index contributed by atoms with van der Waals surface area (Å²) in [6.45, 7) is 0.711. The topological polar surface area (TPSA) is 9.23 Å². The molecule has 0 aromatic carbocycles. The van der Waals surface area contributed by atoms with E-state index < -0.39 is 0 Å². The summed E-state index contributed by atoms with van der Waals surface area (Å²) >= 11 is 12.8. The van der Waals surface area contributed by atoms with Gasteiger partial charge >= 0.3 is 0 Å². The van der Waals surface area contributed by atoms with Crippen molar-refractivity contribution in [3.05, 3.63) is 0 Å². The van der Waals surface area contributed by atoms with E-state index in [1.165, 1.54) is 0 Å². The van der Waals surface area contributed by atoms with Crippen LogP contribution in [0.2, 0.25) is 0 Å². The van der Waals surface area contributed by atoms with Crippen molar-refractivity contribution in [3.63, 3.8) is 0 Å². The van der Waals surface area contributed by atoms with Crippen LogP contribution in [0, 0.1) is 0 Å². The third kappa shape index (κ3) is 2.26. The number of hydrogen-bond acceptors (Lipinski definition) is 4. The van der Waals surface area contributed by atoms with E-state index in [1.54, 1.807) is 0 Å². The van der Waals surface area contributed by atoms with Crippen LogP contribution < -0.4 is 0 Å². The van der Waals surface area contributed by atoms with Crippen LogP contribution in [0.3, 0.4) is 0 Å². The lowest BCUT2D eigenvalue weighted by Crippen LogP contribution is -2.36. The fourth-order valence-corrected chi connectivity index (χ4v) is 1.75. The first-order chi connectivity index (χ1) is 4.74. The van der Waals surface area contributed by atoms with Gasteiger partial charge in [0.2, 0.25) is 0 Å². The summed E-state index contributed by atoms with van der Waals surface area (Å²) in [5.41, 5.74) is 0. The van der Waals surface area contributed by atoms with Crippen LogP contribution in [0.25, 0.3) is 0 Å². The van der Waals surface area contributed by atoms with Crippen LogP contribution in [-0.4, -0.2) is 29.0 Å². The fraction of sp³-hybridized carbons (Fsp3) is 1.00. The maximum Gasteiger partial charge on any atom is 0.0674 e. The van der Waals surface area contributed by atoms with Crippen LogP contribution in [-0.2, 0) is 4.74 Å². The van der Waals surface area contributed by atoms with E-state index in [-0.39, 0.29) is 6.10 Å². The molecule has 1 nitrogen and oxygen atoms in total. The summed E-state index contributed by atoms with van der Waals surface area (Å²) in [6.07, 6.45) is 1.26. The minimum Gasteiger partial charge on any atom is -0.376 e. The highest BCUT2D eigenvalue weighted by Crippen LogP contribution is 2.22. The minimum absolute atomic E-state index is 0.286. The smallest absolute Gasteiger partial charge is 0.0674 e. The molecule has 1 aliphatic rings. The third-order valence-electron chi connectivity index (χ3n) is 1.65. The predicted octanol–water partition coefficient (Wildman–Crippen LogP) is 1.30. The number of hydrogen-bond donors (Lipinski definition) is 3. The molecule has 0 bridgehead atoms. The second-order valence-corrected chi connectivity index (χ2v) is 4.20. The Bertz CT molecular complexity index is 109. The highest BCUT2D eigenvalue weighted by Gasteiger charge is 2.25. The van der Waals surface area contributed by atoms with Gasteiger partial charge < -0.3 is 4.74 Å². The first-order valence-corrected chi connectivity index (χ1v) is 4.99. The molecule has 0 aliphatic carbocycles. The molecule has 1 rings (SSSR count). The van der Waals surface area contributed by atoms with Crippen molar-refractivity contribution in [1.82, 2.24) is 0 Å². The van der Waals surface area contributed by atoms with E-state index in [2.05, 4.69) is 37.9 Å². The summed E-state index contributed by atoms with van der Waals surface area (Å²) < 4.78 is 5.41. The monoisotopic (exact) mass is 196 g/mol. The Kier molecular flexibility index (Phi) is 3.77. The Morgan fingerprint density at radius 1 is 1.30 bits per heavy atom. The molecule has 0 aromatic rings. The summed E-state index contributed by atoms with van der Waals surface area (Å²) in [5.74, 6) is 0.789. The lowest BCUT2D eigenvalue weighted by atomic mass is 10.1. The van der Waals surface area contributed by atoms with E-state index >= 15 is 0 Å². The van der Waals surface area contributed by atoms with Crippen molar-refractivity contribution in [3.8, 4) is 0 Å². The van der Waals surface area contributed by atoms with Gasteiger partial charge in [0.1, 0.15) is 0 Å². The SMILES string of the molecule is SC[C@@H]1C[C@H](S)[C@@H](S)CO1. The van der Waals surface area contributed by atoms with E-state index in [4.69, 9.17) is 4.74 Å². The van der Waals surface area contributed by atoms with Gasteiger partial charge in [0, 0.05) is 16.3 Å². The number of rotatable bonds is 1. The van der Waals surface area contributed by atoms with Crippen molar-refractivity contribution in [2.75, 3.05) is 12.4 Å². The standard InChI is InChI=1S/C6H12OS3/c8-3-4-1-5(9)6(10)2-7-4/h4-6,8-10H,1-3H2/t4-,5-,6-/m0/s1. The molecule has 0 aromatic heterocycles. The van der Waals surface area contributed by atoms with E-state index in [0.29, 0.717) is 17.1 Å². The second kappa shape index (κ2) is 4.14. The molecular formula is C6H12OS3. The number of thiol groups is 3. The molecular weight excluding hydrogens is 184 g/mol. The molecule has 0 unspecified atom stereocenters. The Morgan fingerprint density at radius 3 is 2.50 bits per heavy atom. The lowest BCUT2D eigenvalue weighted by Gasteiger charge is -2.30. The molecule has 0 radical (unpaired) electrons. The molecule has 4 heteroatoms. The zero-order valence-electron chi connectivity index (χ0n) is 5.60. The van der Waals surface area contributed by atoms with E-state index in [9.17, 15) is 0 Å². The lowest BCUT2D eigenvalue weighted by molar-refractivity contribution is 0.0391.